The summed E-state index contributed by atoms with van der Waals surface area (Å²) in [5.41, 5.74) is 1.73. The lowest BCUT2D eigenvalue weighted by Gasteiger charge is -2.30. The van der Waals surface area contributed by atoms with Crippen LogP contribution in [0.2, 0.25) is 0 Å². The second-order valence-electron chi connectivity index (χ2n) is 7.29. The summed E-state index contributed by atoms with van der Waals surface area (Å²) in [6.07, 6.45) is 2.86. The van der Waals surface area contributed by atoms with Crippen LogP contribution in [0.1, 0.15) is 28.9 Å². The van der Waals surface area contributed by atoms with Gasteiger partial charge in [0.2, 0.25) is 5.91 Å². The van der Waals surface area contributed by atoms with Crippen LogP contribution in [0.4, 0.5) is 10.2 Å². The van der Waals surface area contributed by atoms with E-state index in [0.717, 1.165) is 5.56 Å². The van der Waals surface area contributed by atoms with Crippen molar-refractivity contribution in [3.05, 3.63) is 65.0 Å². The molecular formula is C22H21FN4O2S. The topological polar surface area (TPSA) is 75.2 Å². The standard InChI is InChI=1S/C22H21FN4O2S/c1-14-6-7-19(24-12-14)26-20(28)15-8-10-27(11-9-15)22(29)18-13-30-21(25-18)16-4-2-3-5-17(16)23/h2-7,12-13,15H,8-11H2,1H3,(H,24,26,28). The molecule has 1 saturated heterocycles. The highest BCUT2D eigenvalue weighted by molar-refractivity contribution is 7.13. The predicted octanol–water partition coefficient (Wildman–Crippen LogP) is 4.14. The zero-order valence-corrected chi connectivity index (χ0v) is 17.3. The molecule has 0 spiro atoms. The molecule has 2 amide bonds. The third kappa shape index (κ3) is 4.38. The minimum absolute atomic E-state index is 0.0750. The van der Waals surface area contributed by atoms with Crippen LogP contribution in [0.25, 0.3) is 10.6 Å². The third-order valence-electron chi connectivity index (χ3n) is 5.14. The van der Waals surface area contributed by atoms with Gasteiger partial charge in [-0.15, -0.1) is 11.3 Å². The summed E-state index contributed by atoms with van der Waals surface area (Å²) in [7, 11) is 0. The van der Waals surface area contributed by atoms with Crippen LogP contribution in [-0.4, -0.2) is 39.8 Å². The average Bonchev–Trinajstić information content (AvgIpc) is 3.25. The van der Waals surface area contributed by atoms with Crippen molar-refractivity contribution in [1.29, 1.82) is 0 Å². The Balaban J connectivity index is 1.35. The number of hydrogen-bond donors (Lipinski definition) is 1. The Morgan fingerprint density at radius 2 is 1.93 bits per heavy atom. The number of aryl methyl sites for hydroxylation is 1. The number of rotatable bonds is 4. The number of hydrogen-bond acceptors (Lipinski definition) is 5. The Morgan fingerprint density at radius 1 is 1.17 bits per heavy atom. The number of carbonyl (C=O) groups excluding carboxylic acids is 2. The van der Waals surface area contributed by atoms with Crippen LogP contribution in [0.3, 0.4) is 0 Å². The Kier molecular flexibility index (Phi) is 5.85. The van der Waals surface area contributed by atoms with Gasteiger partial charge in [-0.3, -0.25) is 9.59 Å². The molecule has 2 aromatic heterocycles. The summed E-state index contributed by atoms with van der Waals surface area (Å²) in [5, 5.41) is 4.98. The minimum Gasteiger partial charge on any atom is -0.337 e. The van der Waals surface area contributed by atoms with Crippen molar-refractivity contribution in [2.24, 2.45) is 5.92 Å². The molecule has 0 unspecified atom stereocenters. The Labute approximate surface area is 177 Å². The van der Waals surface area contributed by atoms with Gasteiger partial charge in [0.25, 0.3) is 5.91 Å². The van der Waals surface area contributed by atoms with Crippen molar-refractivity contribution in [2.45, 2.75) is 19.8 Å². The SMILES string of the molecule is Cc1ccc(NC(=O)C2CCN(C(=O)c3csc(-c4ccccc4F)n3)CC2)nc1. The molecule has 0 bridgehead atoms. The van der Waals surface area contributed by atoms with E-state index < -0.39 is 0 Å². The molecule has 154 valence electrons. The fraction of sp³-hybridized carbons (Fsp3) is 0.273. The number of piperidine rings is 1. The summed E-state index contributed by atoms with van der Waals surface area (Å²) >= 11 is 1.25. The summed E-state index contributed by atoms with van der Waals surface area (Å²) in [5.74, 6) is -0.253. The second kappa shape index (κ2) is 8.71. The third-order valence-corrected chi connectivity index (χ3v) is 6.02. The number of halogens is 1. The molecule has 3 heterocycles. The van der Waals surface area contributed by atoms with E-state index in [4.69, 9.17) is 0 Å². The number of aromatic nitrogens is 2. The number of anilines is 1. The lowest BCUT2D eigenvalue weighted by molar-refractivity contribution is -0.121. The van der Waals surface area contributed by atoms with Crippen molar-refractivity contribution >= 4 is 29.0 Å². The van der Waals surface area contributed by atoms with E-state index in [1.165, 1.54) is 17.4 Å². The molecule has 0 aliphatic carbocycles. The molecule has 4 rings (SSSR count). The lowest BCUT2D eigenvalue weighted by Crippen LogP contribution is -2.41. The van der Waals surface area contributed by atoms with Crippen LogP contribution in [0.5, 0.6) is 0 Å². The highest BCUT2D eigenvalue weighted by Gasteiger charge is 2.29. The second-order valence-corrected chi connectivity index (χ2v) is 8.15. The Hall–Kier alpha value is -3.13. The molecule has 1 aliphatic rings. The molecule has 3 aromatic rings. The van der Waals surface area contributed by atoms with Crippen molar-refractivity contribution < 1.29 is 14.0 Å². The number of benzene rings is 1. The molecular weight excluding hydrogens is 403 g/mol. The van der Waals surface area contributed by atoms with E-state index in [-0.39, 0.29) is 23.5 Å². The number of amides is 2. The smallest absolute Gasteiger partial charge is 0.273 e. The van der Waals surface area contributed by atoms with Gasteiger partial charge < -0.3 is 10.2 Å². The van der Waals surface area contributed by atoms with E-state index in [9.17, 15) is 14.0 Å². The maximum Gasteiger partial charge on any atom is 0.273 e. The van der Waals surface area contributed by atoms with Crippen LogP contribution >= 0.6 is 11.3 Å². The number of carbonyl (C=O) groups is 2. The summed E-state index contributed by atoms with van der Waals surface area (Å²) < 4.78 is 14.0. The van der Waals surface area contributed by atoms with Gasteiger partial charge in [-0.1, -0.05) is 18.2 Å². The van der Waals surface area contributed by atoms with Crippen molar-refractivity contribution in [3.63, 3.8) is 0 Å². The summed E-state index contributed by atoms with van der Waals surface area (Å²) in [6.45, 7) is 2.89. The first-order valence-corrected chi connectivity index (χ1v) is 10.6. The molecule has 6 nitrogen and oxygen atoms in total. The van der Waals surface area contributed by atoms with Crippen LogP contribution in [0, 0.1) is 18.7 Å². The predicted molar refractivity (Wildman–Crippen MR) is 114 cm³/mol. The number of nitrogens with zero attached hydrogens (tertiary/aromatic N) is 3. The fourth-order valence-corrected chi connectivity index (χ4v) is 4.23. The van der Waals surface area contributed by atoms with Crippen LogP contribution in [0.15, 0.2) is 48.0 Å². The normalized spacial score (nSPS) is 14.5. The van der Waals surface area contributed by atoms with E-state index in [1.807, 2.05) is 13.0 Å². The van der Waals surface area contributed by atoms with Gasteiger partial charge in [0.05, 0.1) is 0 Å². The van der Waals surface area contributed by atoms with E-state index in [0.29, 0.717) is 48.0 Å². The average molecular weight is 425 g/mol. The first-order valence-electron chi connectivity index (χ1n) is 9.74. The monoisotopic (exact) mass is 424 g/mol. The molecule has 1 fully saturated rings. The number of thiazole rings is 1. The summed E-state index contributed by atoms with van der Waals surface area (Å²) in [6, 6.07) is 10.1. The van der Waals surface area contributed by atoms with Gasteiger partial charge in [-0.2, -0.15) is 0 Å². The number of nitrogens with one attached hydrogen (secondary N) is 1. The van der Waals surface area contributed by atoms with Gasteiger partial charge >= 0.3 is 0 Å². The number of likely N-dealkylation sites (tertiary alicyclic amines) is 1. The molecule has 1 N–H and O–H groups in total. The van der Waals surface area contributed by atoms with E-state index in [2.05, 4.69) is 15.3 Å². The molecule has 8 heteroatoms. The highest BCUT2D eigenvalue weighted by atomic mass is 32.1. The summed E-state index contributed by atoms with van der Waals surface area (Å²) in [4.78, 5) is 35.5. The van der Waals surface area contributed by atoms with Crippen LogP contribution in [-0.2, 0) is 4.79 Å². The zero-order chi connectivity index (χ0) is 21.1. The fourth-order valence-electron chi connectivity index (χ4n) is 3.41. The maximum atomic E-state index is 14.0. The first-order chi connectivity index (χ1) is 14.5. The molecule has 30 heavy (non-hydrogen) atoms. The highest BCUT2D eigenvalue weighted by Crippen LogP contribution is 2.27. The van der Waals surface area contributed by atoms with Crippen molar-refractivity contribution in [2.75, 3.05) is 18.4 Å². The molecule has 0 radical (unpaired) electrons. The van der Waals surface area contributed by atoms with Gasteiger partial charge in [-0.25, -0.2) is 14.4 Å². The van der Waals surface area contributed by atoms with Gasteiger partial charge in [-0.05, 0) is 43.5 Å². The minimum atomic E-state index is -0.360. The zero-order valence-electron chi connectivity index (χ0n) is 16.5. The largest absolute Gasteiger partial charge is 0.337 e. The Morgan fingerprint density at radius 3 is 2.63 bits per heavy atom. The lowest BCUT2D eigenvalue weighted by atomic mass is 9.95. The van der Waals surface area contributed by atoms with Crippen molar-refractivity contribution in [1.82, 2.24) is 14.9 Å². The van der Waals surface area contributed by atoms with Crippen LogP contribution < -0.4 is 5.32 Å². The van der Waals surface area contributed by atoms with Gasteiger partial charge in [0, 0.05) is 36.1 Å². The van der Waals surface area contributed by atoms with E-state index in [1.54, 1.807) is 40.7 Å². The number of pyridine rings is 1. The quantitative estimate of drug-likeness (QED) is 0.683. The van der Waals surface area contributed by atoms with Crippen molar-refractivity contribution in [3.8, 4) is 10.6 Å². The molecule has 0 atom stereocenters. The first kappa shape index (κ1) is 20.2. The molecule has 0 saturated carbocycles. The van der Waals surface area contributed by atoms with Gasteiger partial charge in [0.1, 0.15) is 22.3 Å². The molecule has 1 aromatic carbocycles. The maximum absolute atomic E-state index is 14.0. The van der Waals surface area contributed by atoms with Gasteiger partial charge in [0.15, 0.2) is 0 Å². The van der Waals surface area contributed by atoms with E-state index >= 15 is 0 Å². The molecule has 1 aliphatic heterocycles. The Bertz CT molecular complexity index is 1060.